The van der Waals surface area contributed by atoms with E-state index in [2.05, 4.69) is 11.1 Å². The third-order valence-corrected chi connectivity index (χ3v) is 5.95. The van der Waals surface area contributed by atoms with E-state index in [-0.39, 0.29) is 5.56 Å². The van der Waals surface area contributed by atoms with E-state index in [9.17, 15) is 18.0 Å². The van der Waals surface area contributed by atoms with Gasteiger partial charge in [-0.05, 0) is 30.5 Å². The van der Waals surface area contributed by atoms with Gasteiger partial charge >= 0.3 is 6.18 Å². The zero-order chi connectivity index (χ0) is 21.9. The van der Waals surface area contributed by atoms with Crippen LogP contribution in [0.4, 0.5) is 13.2 Å². The van der Waals surface area contributed by atoms with Gasteiger partial charge in [-0.3, -0.25) is 9.36 Å². The Morgan fingerprint density at radius 1 is 1.07 bits per heavy atom. The van der Waals surface area contributed by atoms with E-state index in [1.165, 1.54) is 22.4 Å². The second-order valence-electron chi connectivity index (χ2n) is 7.19. The predicted octanol–water partition coefficient (Wildman–Crippen LogP) is 5.55. The maximum Gasteiger partial charge on any atom is 0.416 e. The summed E-state index contributed by atoms with van der Waals surface area (Å²) in [5.41, 5.74) is 3.31. The molecule has 1 aromatic heterocycles. The highest BCUT2D eigenvalue weighted by Crippen LogP contribution is 2.31. The fourth-order valence-electron chi connectivity index (χ4n) is 3.28. The number of aryl methyl sites for hydroxylation is 2. The van der Waals surface area contributed by atoms with Crippen molar-refractivity contribution < 1.29 is 13.2 Å². The Hall–Kier alpha value is -2.54. The van der Waals surface area contributed by atoms with Gasteiger partial charge in [0.05, 0.1) is 11.3 Å². The van der Waals surface area contributed by atoms with Crippen LogP contribution in [0.2, 0.25) is 0 Å². The molecule has 0 radical (unpaired) electrons. The van der Waals surface area contributed by atoms with Crippen molar-refractivity contribution in [2.45, 2.75) is 43.8 Å². The van der Waals surface area contributed by atoms with Gasteiger partial charge in [-0.25, -0.2) is 4.98 Å². The molecule has 0 spiro atoms. The van der Waals surface area contributed by atoms with Crippen LogP contribution in [-0.2, 0) is 31.8 Å². The van der Waals surface area contributed by atoms with Crippen molar-refractivity contribution in [1.29, 1.82) is 0 Å². The van der Waals surface area contributed by atoms with Crippen LogP contribution in [0.3, 0.4) is 0 Å². The quantitative estimate of drug-likeness (QED) is 0.378. The lowest BCUT2D eigenvalue weighted by molar-refractivity contribution is -0.137. The zero-order valence-electron chi connectivity index (χ0n) is 17.1. The lowest BCUT2D eigenvalue weighted by Gasteiger charge is -2.14. The van der Waals surface area contributed by atoms with Crippen molar-refractivity contribution >= 4 is 11.8 Å². The van der Waals surface area contributed by atoms with Gasteiger partial charge in [-0.2, -0.15) is 13.2 Å². The predicted molar refractivity (Wildman–Crippen MR) is 114 cm³/mol. The fraction of sp³-hybridized carbons (Fsp3) is 0.304. The number of nitrogens with zero attached hydrogens (tertiary/aromatic N) is 2. The van der Waals surface area contributed by atoms with Crippen LogP contribution in [-0.4, -0.2) is 9.55 Å². The molecule has 0 saturated heterocycles. The molecule has 3 rings (SSSR count). The molecule has 0 amide bonds. The van der Waals surface area contributed by atoms with Gasteiger partial charge in [0, 0.05) is 24.8 Å². The highest BCUT2D eigenvalue weighted by Gasteiger charge is 2.30. The first-order valence-corrected chi connectivity index (χ1v) is 10.6. The standard InChI is InChI=1S/C23H23F3N2OS/c1-4-20-19(13-16-8-5-7-15(2)11-16)21(29)28(3)22(27-20)30-14-17-9-6-10-18(12-17)23(24,25)26/h5-12H,4,13-14H2,1-3H3. The molecule has 3 aromatic rings. The highest BCUT2D eigenvalue weighted by molar-refractivity contribution is 7.98. The average molecular weight is 433 g/mol. The number of hydrogen-bond acceptors (Lipinski definition) is 3. The van der Waals surface area contributed by atoms with Gasteiger partial charge in [0.1, 0.15) is 0 Å². The number of halogens is 3. The van der Waals surface area contributed by atoms with Crippen LogP contribution >= 0.6 is 11.8 Å². The third-order valence-electron chi connectivity index (χ3n) is 4.85. The maximum atomic E-state index is 13.0. The molecule has 0 saturated carbocycles. The van der Waals surface area contributed by atoms with E-state index in [0.717, 1.165) is 29.0 Å². The van der Waals surface area contributed by atoms with Gasteiger partial charge in [0.25, 0.3) is 5.56 Å². The van der Waals surface area contributed by atoms with E-state index in [1.807, 2.05) is 32.0 Å². The molecule has 0 bridgehead atoms. The molecule has 0 unspecified atom stereocenters. The Morgan fingerprint density at radius 3 is 2.43 bits per heavy atom. The second kappa shape index (κ2) is 9.08. The minimum atomic E-state index is -4.38. The summed E-state index contributed by atoms with van der Waals surface area (Å²) in [6, 6.07) is 13.2. The molecule has 0 aliphatic rings. The van der Waals surface area contributed by atoms with Crippen LogP contribution in [0, 0.1) is 6.92 Å². The number of rotatable bonds is 6. The Bertz CT molecular complexity index is 1110. The van der Waals surface area contributed by atoms with Gasteiger partial charge in [0.15, 0.2) is 5.16 Å². The first-order valence-electron chi connectivity index (χ1n) is 9.62. The summed E-state index contributed by atoms with van der Waals surface area (Å²) in [6.45, 7) is 3.96. The normalized spacial score (nSPS) is 11.7. The summed E-state index contributed by atoms with van der Waals surface area (Å²) < 4.78 is 40.3. The van der Waals surface area contributed by atoms with Crippen molar-refractivity contribution in [3.05, 3.63) is 92.4 Å². The molecule has 2 aromatic carbocycles. The fourth-order valence-corrected chi connectivity index (χ4v) is 4.21. The van der Waals surface area contributed by atoms with E-state index in [0.29, 0.717) is 34.9 Å². The molecule has 7 heteroatoms. The third kappa shape index (κ3) is 5.14. The number of aromatic nitrogens is 2. The Balaban J connectivity index is 1.87. The largest absolute Gasteiger partial charge is 0.416 e. The van der Waals surface area contributed by atoms with Crippen LogP contribution in [0.5, 0.6) is 0 Å². The molecule has 0 aliphatic heterocycles. The summed E-state index contributed by atoms with van der Waals surface area (Å²) in [5, 5.41) is 0.502. The summed E-state index contributed by atoms with van der Waals surface area (Å²) in [5.74, 6) is 0.296. The van der Waals surface area contributed by atoms with Crippen molar-refractivity contribution in [3.8, 4) is 0 Å². The topological polar surface area (TPSA) is 34.9 Å². The van der Waals surface area contributed by atoms with Crippen molar-refractivity contribution in [1.82, 2.24) is 9.55 Å². The molecular formula is C23H23F3N2OS. The molecule has 30 heavy (non-hydrogen) atoms. The second-order valence-corrected chi connectivity index (χ2v) is 8.13. The number of benzene rings is 2. The minimum absolute atomic E-state index is 0.116. The van der Waals surface area contributed by atoms with E-state index < -0.39 is 11.7 Å². The monoisotopic (exact) mass is 432 g/mol. The molecule has 0 aliphatic carbocycles. The Labute approximate surface area is 178 Å². The summed E-state index contributed by atoms with van der Waals surface area (Å²) >= 11 is 1.27. The lowest BCUT2D eigenvalue weighted by Crippen LogP contribution is -2.26. The molecule has 158 valence electrons. The van der Waals surface area contributed by atoms with Crippen LogP contribution in [0.25, 0.3) is 0 Å². The average Bonchev–Trinajstić information content (AvgIpc) is 2.70. The summed E-state index contributed by atoms with van der Waals surface area (Å²) in [4.78, 5) is 17.7. The van der Waals surface area contributed by atoms with E-state index >= 15 is 0 Å². The summed E-state index contributed by atoms with van der Waals surface area (Å²) in [6.07, 6.45) is -3.27. The number of alkyl halides is 3. The molecule has 1 heterocycles. The summed E-state index contributed by atoms with van der Waals surface area (Å²) in [7, 11) is 1.66. The van der Waals surface area contributed by atoms with Crippen LogP contribution in [0.1, 0.15) is 40.4 Å². The number of thioether (sulfide) groups is 1. The van der Waals surface area contributed by atoms with Crippen LogP contribution < -0.4 is 5.56 Å². The van der Waals surface area contributed by atoms with E-state index in [1.54, 1.807) is 13.1 Å². The van der Waals surface area contributed by atoms with Gasteiger partial charge in [-0.1, -0.05) is 66.7 Å². The lowest BCUT2D eigenvalue weighted by atomic mass is 10.0. The maximum absolute atomic E-state index is 13.0. The smallest absolute Gasteiger partial charge is 0.291 e. The Kier molecular flexibility index (Phi) is 6.71. The SMILES string of the molecule is CCc1nc(SCc2cccc(C(F)(F)F)c2)n(C)c(=O)c1Cc1cccc(C)c1. The molecule has 0 N–H and O–H groups in total. The zero-order valence-corrected chi connectivity index (χ0v) is 17.9. The van der Waals surface area contributed by atoms with Gasteiger partial charge in [0.2, 0.25) is 0 Å². The molecule has 0 atom stereocenters. The van der Waals surface area contributed by atoms with Crippen molar-refractivity contribution in [3.63, 3.8) is 0 Å². The molecule has 0 fully saturated rings. The minimum Gasteiger partial charge on any atom is -0.291 e. The Morgan fingerprint density at radius 2 is 1.77 bits per heavy atom. The molecular weight excluding hydrogens is 409 g/mol. The van der Waals surface area contributed by atoms with Crippen LogP contribution in [0.15, 0.2) is 58.5 Å². The molecule has 3 nitrogen and oxygen atoms in total. The van der Waals surface area contributed by atoms with Gasteiger partial charge in [-0.15, -0.1) is 0 Å². The van der Waals surface area contributed by atoms with Crippen molar-refractivity contribution in [2.75, 3.05) is 0 Å². The first kappa shape index (κ1) is 22.2. The highest BCUT2D eigenvalue weighted by atomic mass is 32.2. The first-order chi connectivity index (χ1) is 14.2. The van der Waals surface area contributed by atoms with Crippen molar-refractivity contribution in [2.24, 2.45) is 7.05 Å². The van der Waals surface area contributed by atoms with E-state index in [4.69, 9.17) is 0 Å². The van der Waals surface area contributed by atoms with Gasteiger partial charge < -0.3 is 0 Å². The number of hydrogen-bond donors (Lipinski definition) is 0.